The summed E-state index contributed by atoms with van der Waals surface area (Å²) >= 11 is 6.37. The third-order valence-corrected chi connectivity index (χ3v) is 4.78. The second-order valence-electron chi connectivity index (χ2n) is 6.41. The standard InChI is InChI=1S/C20H25ClN2O4/c1-25-19-13-18(23-8-2-3-9-23)17(21)12-16(19)20(24)22-7-5-10-26-14-15-6-4-11-27-15/h2-3,8-9,12-13,15H,4-7,10-11,14H2,1H3,(H,22,24). The van der Waals surface area contributed by atoms with Gasteiger partial charge in [0.05, 0.1) is 36.1 Å². The number of benzene rings is 1. The first-order chi connectivity index (χ1) is 13.2. The van der Waals surface area contributed by atoms with Crippen LogP contribution in [-0.4, -0.2) is 50.1 Å². The van der Waals surface area contributed by atoms with Crippen LogP contribution in [0.3, 0.4) is 0 Å². The molecular formula is C20H25ClN2O4. The topological polar surface area (TPSA) is 61.7 Å². The zero-order chi connectivity index (χ0) is 19.1. The predicted octanol–water partition coefficient (Wildman–Crippen LogP) is 3.45. The molecule has 146 valence electrons. The Morgan fingerprint density at radius 3 is 2.89 bits per heavy atom. The van der Waals surface area contributed by atoms with Gasteiger partial charge < -0.3 is 24.1 Å². The lowest BCUT2D eigenvalue weighted by atomic mass is 10.1. The molecule has 0 spiro atoms. The zero-order valence-electron chi connectivity index (χ0n) is 15.4. The number of hydrogen-bond acceptors (Lipinski definition) is 4. The molecule has 1 unspecified atom stereocenters. The molecule has 0 radical (unpaired) electrons. The molecule has 0 aliphatic carbocycles. The molecule has 3 rings (SSSR count). The molecule has 1 saturated heterocycles. The lowest BCUT2D eigenvalue weighted by molar-refractivity contribution is 0.0166. The van der Waals surface area contributed by atoms with E-state index in [1.807, 2.05) is 29.1 Å². The summed E-state index contributed by atoms with van der Waals surface area (Å²) in [6.45, 7) is 2.56. The van der Waals surface area contributed by atoms with Gasteiger partial charge in [0.2, 0.25) is 0 Å². The maximum Gasteiger partial charge on any atom is 0.255 e. The first kappa shape index (κ1) is 19.7. The Kier molecular flexibility index (Phi) is 7.15. The van der Waals surface area contributed by atoms with Gasteiger partial charge in [0, 0.05) is 38.2 Å². The normalized spacial score (nSPS) is 16.4. The highest BCUT2D eigenvalue weighted by atomic mass is 35.5. The van der Waals surface area contributed by atoms with Crippen LogP contribution in [0.15, 0.2) is 36.7 Å². The number of aromatic nitrogens is 1. The predicted molar refractivity (Wildman–Crippen MR) is 104 cm³/mol. The average Bonchev–Trinajstić information content (AvgIpc) is 3.38. The van der Waals surface area contributed by atoms with Gasteiger partial charge in [0.1, 0.15) is 5.75 Å². The Morgan fingerprint density at radius 2 is 2.19 bits per heavy atom. The monoisotopic (exact) mass is 392 g/mol. The van der Waals surface area contributed by atoms with Crippen LogP contribution in [0.4, 0.5) is 0 Å². The SMILES string of the molecule is COc1cc(-n2cccc2)c(Cl)cc1C(=O)NCCCOCC1CCCO1. The van der Waals surface area contributed by atoms with E-state index in [1.165, 1.54) is 0 Å². The number of carbonyl (C=O) groups excluding carboxylic acids is 1. The number of carbonyl (C=O) groups is 1. The molecule has 0 bridgehead atoms. The molecule has 1 aromatic heterocycles. The summed E-state index contributed by atoms with van der Waals surface area (Å²) < 4.78 is 18.4. The molecule has 1 atom stereocenters. The lowest BCUT2D eigenvalue weighted by Gasteiger charge is -2.14. The van der Waals surface area contributed by atoms with Crippen molar-refractivity contribution < 1.29 is 19.0 Å². The van der Waals surface area contributed by atoms with Crippen molar-refractivity contribution >= 4 is 17.5 Å². The summed E-state index contributed by atoms with van der Waals surface area (Å²) in [5.74, 6) is 0.266. The minimum absolute atomic E-state index is 0.216. The van der Waals surface area contributed by atoms with Crippen molar-refractivity contribution in [2.45, 2.75) is 25.4 Å². The third-order valence-electron chi connectivity index (χ3n) is 4.47. The van der Waals surface area contributed by atoms with Gasteiger partial charge in [0.25, 0.3) is 5.91 Å². The van der Waals surface area contributed by atoms with Gasteiger partial charge in [-0.05, 0) is 37.5 Å². The van der Waals surface area contributed by atoms with Crippen molar-refractivity contribution in [3.8, 4) is 11.4 Å². The van der Waals surface area contributed by atoms with Gasteiger partial charge >= 0.3 is 0 Å². The Balaban J connectivity index is 1.50. The second kappa shape index (κ2) is 9.78. The van der Waals surface area contributed by atoms with Gasteiger partial charge in [-0.3, -0.25) is 4.79 Å². The number of nitrogens with one attached hydrogen (secondary N) is 1. The van der Waals surface area contributed by atoms with Crippen molar-refractivity contribution in [2.75, 3.05) is 33.5 Å². The van der Waals surface area contributed by atoms with E-state index in [0.717, 1.165) is 31.6 Å². The first-order valence-electron chi connectivity index (χ1n) is 9.17. The fraction of sp³-hybridized carbons (Fsp3) is 0.450. The molecule has 7 heteroatoms. The Bertz CT molecular complexity index is 743. The van der Waals surface area contributed by atoms with Crippen LogP contribution < -0.4 is 10.1 Å². The summed E-state index contributed by atoms with van der Waals surface area (Å²) in [5.41, 5.74) is 1.18. The molecule has 2 heterocycles. The molecule has 27 heavy (non-hydrogen) atoms. The Labute approximate surface area is 164 Å². The van der Waals surface area contributed by atoms with E-state index < -0.39 is 0 Å². The van der Waals surface area contributed by atoms with Gasteiger partial charge in [0.15, 0.2) is 0 Å². The van der Waals surface area contributed by atoms with E-state index in [0.29, 0.717) is 36.1 Å². The largest absolute Gasteiger partial charge is 0.496 e. The molecule has 6 nitrogen and oxygen atoms in total. The fourth-order valence-electron chi connectivity index (χ4n) is 3.04. The van der Waals surface area contributed by atoms with E-state index in [1.54, 1.807) is 19.2 Å². The van der Waals surface area contributed by atoms with Crippen molar-refractivity contribution in [2.24, 2.45) is 0 Å². The molecule has 2 aromatic rings. The molecule has 1 N–H and O–H groups in total. The van der Waals surface area contributed by atoms with E-state index in [4.69, 9.17) is 25.8 Å². The molecular weight excluding hydrogens is 368 g/mol. The number of rotatable bonds is 9. The highest BCUT2D eigenvalue weighted by Crippen LogP contribution is 2.30. The van der Waals surface area contributed by atoms with E-state index >= 15 is 0 Å². The van der Waals surface area contributed by atoms with Crippen molar-refractivity contribution in [1.29, 1.82) is 0 Å². The van der Waals surface area contributed by atoms with Crippen LogP contribution in [0.2, 0.25) is 5.02 Å². The summed E-state index contributed by atoms with van der Waals surface area (Å²) in [6, 6.07) is 7.22. The van der Waals surface area contributed by atoms with Gasteiger partial charge in [-0.1, -0.05) is 11.6 Å². The van der Waals surface area contributed by atoms with Crippen LogP contribution in [0, 0.1) is 0 Å². The lowest BCUT2D eigenvalue weighted by Crippen LogP contribution is -2.26. The van der Waals surface area contributed by atoms with Crippen LogP contribution in [-0.2, 0) is 9.47 Å². The van der Waals surface area contributed by atoms with Crippen LogP contribution in [0.1, 0.15) is 29.6 Å². The third kappa shape index (κ3) is 5.25. The van der Waals surface area contributed by atoms with Gasteiger partial charge in [-0.25, -0.2) is 0 Å². The summed E-state index contributed by atoms with van der Waals surface area (Å²) in [4.78, 5) is 12.5. The fourth-order valence-corrected chi connectivity index (χ4v) is 3.31. The molecule has 1 aliphatic rings. The zero-order valence-corrected chi connectivity index (χ0v) is 16.2. The van der Waals surface area contributed by atoms with Crippen molar-refractivity contribution in [1.82, 2.24) is 9.88 Å². The molecule has 1 amide bonds. The Morgan fingerprint density at radius 1 is 1.37 bits per heavy atom. The minimum Gasteiger partial charge on any atom is -0.496 e. The molecule has 1 aromatic carbocycles. The van der Waals surface area contributed by atoms with Crippen LogP contribution in [0.5, 0.6) is 5.75 Å². The first-order valence-corrected chi connectivity index (χ1v) is 9.55. The highest BCUT2D eigenvalue weighted by Gasteiger charge is 2.17. The summed E-state index contributed by atoms with van der Waals surface area (Å²) in [6.07, 6.45) is 6.91. The van der Waals surface area contributed by atoms with Crippen LogP contribution >= 0.6 is 11.6 Å². The molecule has 1 aliphatic heterocycles. The maximum absolute atomic E-state index is 12.5. The van der Waals surface area contributed by atoms with Crippen molar-refractivity contribution in [3.63, 3.8) is 0 Å². The quantitative estimate of drug-likeness (QED) is 0.664. The highest BCUT2D eigenvalue weighted by molar-refractivity contribution is 6.33. The second-order valence-corrected chi connectivity index (χ2v) is 6.82. The number of halogens is 1. The summed E-state index contributed by atoms with van der Waals surface area (Å²) in [7, 11) is 1.54. The smallest absolute Gasteiger partial charge is 0.255 e. The van der Waals surface area contributed by atoms with E-state index in [2.05, 4.69) is 5.32 Å². The van der Waals surface area contributed by atoms with Gasteiger partial charge in [-0.2, -0.15) is 0 Å². The van der Waals surface area contributed by atoms with Crippen molar-refractivity contribution in [3.05, 3.63) is 47.2 Å². The minimum atomic E-state index is -0.216. The number of hydrogen-bond donors (Lipinski definition) is 1. The van der Waals surface area contributed by atoms with Gasteiger partial charge in [-0.15, -0.1) is 0 Å². The molecule has 0 saturated carbocycles. The average molecular weight is 393 g/mol. The number of amides is 1. The van der Waals surface area contributed by atoms with Crippen LogP contribution in [0.25, 0.3) is 5.69 Å². The Hall–Kier alpha value is -2.02. The maximum atomic E-state index is 12.5. The molecule has 1 fully saturated rings. The number of ether oxygens (including phenoxy) is 3. The van der Waals surface area contributed by atoms with E-state index in [9.17, 15) is 4.79 Å². The van der Waals surface area contributed by atoms with E-state index in [-0.39, 0.29) is 12.0 Å². The summed E-state index contributed by atoms with van der Waals surface area (Å²) in [5, 5.41) is 3.37. The number of nitrogens with zero attached hydrogens (tertiary/aromatic N) is 1. The number of methoxy groups -OCH3 is 1.